The lowest BCUT2D eigenvalue weighted by atomic mass is 10.0. The van der Waals surface area contributed by atoms with Crippen molar-refractivity contribution in [1.82, 2.24) is 19.8 Å². The van der Waals surface area contributed by atoms with Gasteiger partial charge in [-0.05, 0) is 50.1 Å². The van der Waals surface area contributed by atoms with Crippen molar-refractivity contribution < 1.29 is 13.2 Å². The van der Waals surface area contributed by atoms with Crippen molar-refractivity contribution in [1.29, 1.82) is 0 Å². The summed E-state index contributed by atoms with van der Waals surface area (Å²) in [6, 6.07) is 12.4. The number of methoxy groups -OCH3 is 1. The molecule has 230 valence electrons. The van der Waals surface area contributed by atoms with E-state index in [4.69, 9.17) is 22.1 Å². The molecule has 4 heterocycles. The molecule has 2 fully saturated rings. The standard InChI is InChI=1S/C30H39ClN8O3S/c1-35-15-17-37(18-16-35)22-10-12-36(13-11-22)23-7-8-25(27(19-23)42-2)39(30-33-20-24(31)29(32)34-30)26-6-4-5-21-9-14-38(28(21)26)43(3,40)41/h4-8,19-20,22H,9-18H2,1-3H3,(H2,32,33,34). The summed E-state index contributed by atoms with van der Waals surface area (Å²) >= 11 is 6.19. The fraction of sp³-hybridized carbons (Fsp3) is 0.467. The molecule has 13 heteroatoms. The molecule has 0 saturated carbocycles. The number of benzene rings is 2. The maximum absolute atomic E-state index is 12.8. The summed E-state index contributed by atoms with van der Waals surface area (Å²) in [5.41, 5.74) is 10.00. The number of halogens is 1. The number of rotatable bonds is 7. The Labute approximate surface area is 258 Å². The van der Waals surface area contributed by atoms with Gasteiger partial charge in [0.15, 0.2) is 0 Å². The topological polar surface area (TPSA) is 111 Å². The molecule has 0 bridgehead atoms. The number of piperidine rings is 1. The molecule has 2 aromatic carbocycles. The molecular weight excluding hydrogens is 588 g/mol. The summed E-state index contributed by atoms with van der Waals surface area (Å²) in [6.45, 7) is 6.83. The van der Waals surface area contributed by atoms with E-state index in [0.717, 1.165) is 63.4 Å². The van der Waals surface area contributed by atoms with Gasteiger partial charge in [-0.25, -0.2) is 13.4 Å². The van der Waals surface area contributed by atoms with Crippen LogP contribution in [0.1, 0.15) is 18.4 Å². The van der Waals surface area contributed by atoms with Gasteiger partial charge in [0.25, 0.3) is 0 Å². The molecule has 3 aliphatic rings. The largest absolute Gasteiger partial charge is 0.494 e. The summed E-state index contributed by atoms with van der Waals surface area (Å²) in [5, 5.41) is 0.238. The molecule has 0 spiro atoms. The minimum Gasteiger partial charge on any atom is -0.494 e. The van der Waals surface area contributed by atoms with Crippen LogP contribution in [0, 0.1) is 0 Å². The Hall–Kier alpha value is -3.32. The predicted molar refractivity (Wildman–Crippen MR) is 173 cm³/mol. The van der Waals surface area contributed by atoms with Gasteiger partial charge in [-0.15, -0.1) is 0 Å². The first-order chi connectivity index (χ1) is 20.6. The van der Waals surface area contributed by atoms with Crippen molar-refractivity contribution in [2.75, 3.05) is 86.1 Å². The molecule has 0 unspecified atom stereocenters. The van der Waals surface area contributed by atoms with Gasteiger partial charge < -0.3 is 20.3 Å². The highest BCUT2D eigenvalue weighted by atomic mass is 35.5. The van der Waals surface area contributed by atoms with Crippen LogP contribution < -0.4 is 24.6 Å². The predicted octanol–water partition coefficient (Wildman–Crippen LogP) is 3.73. The summed E-state index contributed by atoms with van der Waals surface area (Å²) < 4.78 is 33.1. The quantitative estimate of drug-likeness (QED) is 0.416. The molecule has 0 radical (unpaired) electrons. The molecule has 0 atom stereocenters. The number of anilines is 6. The number of hydrogen-bond acceptors (Lipinski definition) is 10. The zero-order valence-corrected chi connectivity index (χ0v) is 26.5. The summed E-state index contributed by atoms with van der Waals surface area (Å²) in [5.74, 6) is 0.995. The van der Waals surface area contributed by atoms with E-state index in [-0.39, 0.29) is 16.8 Å². The average molecular weight is 627 g/mol. The van der Waals surface area contributed by atoms with Crippen LogP contribution in [0.15, 0.2) is 42.6 Å². The molecule has 3 aliphatic heterocycles. The Morgan fingerprint density at radius 1 is 1.02 bits per heavy atom. The van der Waals surface area contributed by atoms with Crippen molar-refractivity contribution in [3.63, 3.8) is 0 Å². The normalized spacial score (nSPS) is 18.6. The highest BCUT2D eigenvalue weighted by Crippen LogP contribution is 2.47. The van der Waals surface area contributed by atoms with Gasteiger partial charge >= 0.3 is 0 Å². The van der Waals surface area contributed by atoms with Gasteiger partial charge in [0.05, 0.1) is 36.6 Å². The van der Waals surface area contributed by atoms with Crippen LogP contribution in [-0.2, 0) is 16.4 Å². The average Bonchev–Trinajstić information content (AvgIpc) is 3.46. The molecule has 2 N–H and O–H groups in total. The first-order valence-corrected chi connectivity index (χ1v) is 16.9. The summed E-state index contributed by atoms with van der Waals surface area (Å²) in [4.78, 5) is 18.3. The van der Waals surface area contributed by atoms with E-state index in [0.29, 0.717) is 41.8 Å². The van der Waals surface area contributed by atoms with Gasteiger partial charge in [0.1, 0.15) is 16.6 Å². The van der Waals surface area contributed by atoms with Gasteiger partial charge in [0, 0.05) is 63.6 Å². The number of piperazine rings is 1. The number of nitrogens with zero attached hydrogens (tertiary/aromatic N) is 7. The van der Waals surface area contributed by atoms with Gasteiger partial charge in [-0.1, -0.05) is 23.7 Å². The molecule has 0 amide bonds. The van der Waals surface area contributed by atoms with Crippen LogP contribution >= 0.6 is 11.6 Å². The Morgan fingerprint density at radius 2 is 1.77 bits per heavy atom. The second kappa shape index (κ2) is 12.0. The Kier molecular flexibility index (Phi) is 8.29. The summed E-state index contributed by atoms with van der Waals surface area (Å²) in [6.07, 6.45) is 5.52. The highest BCUT2D eigenvalue weighted by Gasteiger charge is 2.33. The number of hydrogen-bond donors (Lipinski definition) is 1. The van der Waals surface area contributed by atoms with Crippen LogP contribution in [0.2, 0.25) is 5.02 Å². The number of likely N-dealkylation sites (N-methyl/N-ethyl adjacent to an activating group) is 1. The van der Waals surface area contributed by atoms with E-state index in [9.17, 15) is 8.42 Å². The van der Waals surface area contributed by atoms with E-state index in [1.807, 2.05) is 30.3 Å². The van der Waals surface area contributed by atoms with Crippen LogP contribution in [0.5, 0.6) is 5.75 Å². The van der Waals surface area contributed by atoms with Crippen molar-refractivity contribution >= 4 is 56.1 Å². The zero-order valence-electron chi connectivity index (χ0n) is 24.9. The molecule has 43 heavy (non-hydrogen) atoms. The monoisotopic (exact) mass is 626 g/mol. The Balaban J connectivity index is 1.36. The maximum Gasteiger partial charge on any atom is 0.236 e. The first kappa shape index (κ1) is 29.7. The lowest BCUT2D eigenvalue weighted by molar-refractivity contribution is 0.0982. The van der Waals surface area contributed by atoms with Gasteiger partial charge in [-0.2, -0.15) is 4.98 Å². The highest BCUT2D eigenvalue weighted by molar-refractivity contribution is 7.92. The van der Waals surface area contributed by atoms with E-state index < -0.39 is 10.0 Å². The number of nitrogen functional groups attached to an aromatic ring is 1. The van der Waals surface area contributed by atoms with Crippen molar-refractivity contribution in [3.8, 4) is 5.75 Å². The third kappa shape index (κ3) is 5.93. The Bertz CT molecular complexity index is 1590. The molecule has 2 saturated heterocycles. The first-order valence-electron chi connectivity index (χ1n) is 14.7. The maximum atomic E-state index is 12.8. The third-order valence-corrected chi connectivity index (χ3v) is 10.3. The van der Waals surface area contributed by atoms with E-state index in [2.05, 4.69) is 37.8 Å². The number of nitrogens with two attached hydrogens (primary N) is 1. The second-order valence-electron chi connectivity index (χ2n) is 11.5. The number of fused-ring (bicyclic) bond motifs is 1. The minimum absolute atomic E-state index is 0.128. The smallest absolute Gasteiger partial charge is 0.236 e. The Morgan fingerprint density at radius 3 is 2.44 bits per heavy atom. The summed E-state index contributed by atoms with van der Waals surface area (Å²) in [7, 11) is 0.301. The van der Waals surface area contributed by atoms with Crippen molar-refractivity contribution in [3.05, 3.63) is 53.2 Å². The van der Waals surface area contributed by atoms with Crippen LogP contribution in [-0.4, -0.2) is 100 Å². The number of aromatic nitrogens is 2. The van der Waals surface area contributed by atoms with Gasteiger partial charge in [-0.3, -0.25) is 14.1 Å². The van der Waals surface area contributed by atoms with E-state index in [1.165, 1.54) is 16.8 Å². The fourth-order valence-corrected chi connectivity index (χ4v) is 7.52. The van der Waals surface area contributed by atoms with Gasteiger partial charge in [0.2, 0.25) is 16.0 Å². The fourth-order valence-electron chi connectivity index (χ4n) is 6.46. The van der Waals surface area contributed by atoms with E-state index >= 15 is 0 Å². The lowest BCUT2D eigenvalue weighted by Crippen LogP contribution is -2.52. The molecule has 11 nitrogen and oxygen atoms in total. The molecule has 6 rings (SSSR count). The lowest BCUT2D eigenvalue weighted by Gasteiger charge is -2.42. The number of ether oxygens (including phenoxy) is 1. The second-order valence-corrected chi connectivity index (χ2v) is 13.8. The van der Waals surface area contributed by atoms with Crippen molar-refractivity contribution in [2.45, 2.75) is 25.3 Å². The number of para-hydroxylation sites is 1. The molecular formula is C30H39ClN8O3S. The van der Waals surface area contributed by atoms with Crippen LogP contribution in [0.25, 0.3) is 0 Å². The third-order valence-electron chi connectivity index (χ3n) is 8.82. The minimum atomic E-state index is -3.53. The molecule has 3 aromatic rings. The SMILES string of the molecule is COc1cc(N2CCC(N3CCN(C)CC3)CC2)ccc1N(c1ncc(Cl)c(N)n1)c1cccc2c1N(S(C)(=O)=O)CC2. The molecule has 1 aromatic heterocycles. The van der Waals surface area contributed by atoms with Crippen molar-refractivity contribution in [2.24, 2.45) is 0 Å². The molecule has 0 aliphatic carbocycles. The van der Waals surface area contributed by atoms with E-state index in [1.54, 1.807) is 12.0 Å². The zero-order chi connectivity index (χ0) is 30.3. The van der Waals surface area contributed by atoms with Crippen LogP contribution in [0.3, 0.4) is 0 Å². The van der Waals surface area contributed by atoms with Crippen LogP contribution in [0.4, 0.5) is 34.5 Å². The number of sulfonamides is 1.